The van der Waals surface area contributed by atoms with E-state index in [2.05, 4.69) is 5.16 Å². The van der Waals surface area contributed by atoms with Crippen LogP contribution in [0.4, 0.5) is 0 Å². The Kier molecular flexibility index (Phi) is 4.27. The molecule has 84 valence electrons. The fourth-order valence-electron chi connectivity index (χ4n) is 1.28. The van der Waals surface area contributed by atoms with Crippen LogP contribution in [0.15, 0.2) is 5.16 Å². The van der Waals surface area contributed by atoms with Crippen molar-refractivity contribution in [2.75, 3.05) is 6.61 Å². The van der Waals surface area contributed by atoms with E-state index in [4.69, 9.17) is 9.57 Å². The number of hydrogen-bond acceptors (Lipinski definition) is 5. The highest BCUT2D eigenvalue weighted by molar-refractivity contribution is 6.36. The number of rotatable bonds is 5. The molecule has 5 nitrogen and oxygen atoms in total. The fraction of sp³-hybridized carbons (Fsp3) is 0.700. The molecule has 0 N–H and O–H groups in total. The quantitative estimate of drug-likeness (QED) is 0.640. The Hall–Kier alpha value is -1.39. The predicted molar refractivity (Wildman–Crippen MR) is 53.5 cm³/mol. The summed E-state index contributed by atoms with van der Waals surface area (Å²) in [5, 5.41) is 3.64. The van der Waals surface area contributed by atoms with Crippen LogP contribution in [0.1, 0.15) is 33.1 Å². The van der Waals surface area contributed by atoms with Gasteiger partial charge in [-0.15, -0.1) is 0 Å². The van der Waals surface area contributed by atoms with Gasteiger partial charge in [0.05, 0.1) is 6.61 Å². The maximum absolute atomic E-state index is 11.2. The molecule has 1 heterocycles. The number of carbonyl (C=O) groups excluding carboxylic acids is 2. The summed E-state index contributed by atoms with van der Waals surface area (Å²) in [5.41, 5.74) is 0.311. The molecule has 0 aromatic carbocycles. The summed E-state index contributed by atoms with van der Waals surface area (Å²) in [6.45, 7) is 3.60. The van der Waals surface area contributed by atoms with Crippen LogP contribution in [-0.2, 0) is 19.2 Å². The molecule has 0 saturated heterocycles. The number of ether oxygens (including phenoxy) is 1. The van der Waals surface area contributed by atoms with Crippen LogP contribution >= 0.6 is 0 Å². The van der Waals surface area contributed by atoms with Gasteiger partial charge in [0.2, 0.25) is 0 Å². The maximum Gasteiger partial charge on any atom is 0.356 e. The first-order valence-corrected chi connectivity index (χ1v) is 5.02. The molecule has 15 heavy (non-hydrogen) atoms. The highest BCUT2D eigenvalue weighted by atomic mass is 16.6. The summed E-state index contributed by atoms with van der Waals surface area (Å²) in [6.07, 6.45) is 1.33. The monoisotopic (exact) mass is 213 g/mol. The molecule has 0 aliphatic carbocycles. The van der Waals surface area contributed by atoms with Crippen LogP contribution in [0.5, 0.6) is 0 Å². The fourth-order valence-corrected chi connectivity index (χ4v) is 1.28. The minimum Gasteiger partial charge on any atom is -0.461 e. The van der Waals surface area contributed by atoms with Gasteiger partial charge in [0.15, 0.2) is 5.71 Å². The van der Waals surface area contributed by atoms with E-state index in [0.29, 0.717) is 31.6 Å². The summed E-state index contributed by atoms with van der Waals surface area (Å²) >= 11 is 0. The van der Waals surface area contributed by atoms with Crippen molar-refractivity contribution < 1.29 is 19.2 Å². The molecular formula is C10H15NO4. The lowest BCUT2D eigenvalue weighted by molar-refractivity contribution is -0.135. The first-order chi connectivity index (χ1) is 7.13. The van der Waals surface area contributed by atoms with Crippen molar-refractivity contribution in [3.63, 3.8) is 0 Å². The van der Waals surface area contributed by atoms with Gasteiger partial charge in [-0.1, -0.05) is 5.16 Å². The Morgan fingerprint density at radius 3 is 2.93 bits per heavy atom. The molecule has 1 unspecified atom stereocenters. The lowest BCUT2D eigenvalue weighted by Gasteiger charge is -2.05. The van der Waals surface area contributed by atoms with Crippen molar-refractivity contribution in [1.29, 1.82) is 0 Å². The lowest BCUT2D eigenvalue weighted by atomic mass is 10.1. The van der Waals surface area contributed by atoms with Crippen LogP contribution in [0, 0.1) is 0 Å². The van der Waals surface area contributed by atoms with Gasteiger partial charge >= 0.3 is 5.97 Å². The largest absolute Gasteiger partial charge is 0.461 e. The molecule has 0 saturated carbocycles. The van der Waals surface area contributed by atoms with Gasteiger partial charge in [0.1, 0.15) is 11.9 Å². The molecule has 1 aliphatic rings. The maximum atomic E-state index is 11.2. The van der Waals surface area contributed by atoms with Gasteiger partial charge in [0.25, 0.3) is 0 Å². The van der Waals surface area contributed by atoms with Crippen molar-refractivity contribution in [3.05, 3.63) is 0 Å². The second-order valence-electron chi connectivity index (χ2n) is 3.43. The Morgan fingerprint density at radius 1 is 1.60 bits per heavy atom. The number of ketones is 1. The predicted octanol–water partition coefficient (Wildman–Crippen LogP) is 1.06. The summed E-state index contributed by atoms with van der Waals surface area (Å²) < 4.78 is 4.78. The van der Waals surface area contributed by atoms with Crippen LogP contribution in [0.2, 0.25) is 0 Å². The van der Waals surface area contributed by atoms with Gasteiger partial charge in [-0.25, -0.2) is 4.79 Å². The van der Waals surface area contributed by atoms with Crippen molar-refractivity contribution in [1.82, 2.24) is 0 Å². The van der Waals surface area contributed by atoms with Crippen LogP contribution in [-0.4, -0.2) is 30.2 Å². The Balaban J connectivity index is 2.30. The SMILES string of the molecule is CCOC(=O)C1=NOC(CCC(C)=O)C1. The zero-order valence-electron chi connectivity index (χ0n) is 8.99. The number of oxime groups is 1. The lowest BCUT2D eigenvalue weighted by Crippen LogP contribution is -2.18. The van der Waals surface area contributed by atoms with E-state index in [9.17, 15) is 9.59 Å². The Bertz CT molecular complexity index is 285. The second kappa shape index (κ2) is 5.48. The van der Waals surface area contributed by atoms with Crippen LogP contribution in [0.25, 0.3) is 0 Å². The van der Waals surface area contributed by atoms with E-state index >= 15 is 0 Å². The van der Waals surface area contributed by atoms with E-state index < -0.39 is 5.97 Å². The number of esters is 1. The van der Waals surface area contributed by atoms with E-state index in [0.717, 1.165) is 0 Å². The Labute approximate surface area is 88.4 Å². The number of Topliss-reactive ketones (excluding diaryl/α,β-unsaturated/α-hetero) is 1. The van der Waals surface area contributed by atoms with Crippen LogP contribution in [0.3, 0.4) is 0 Å². The van der Waals surface area contributed by atoms with Crippen LogP contribution < -0.4 is 0 Å². The molecule has 0 aromatic rings. The Morgan fingerprint density at radius 2 is 2.33 bits per heavy atom. The average Bonchev–Trinajstić information content (AvgIpc) is 2.63. The number of carbonyl (C=O) groups is 2. The topological polar surface area (TPSA) is 65.0 Å². The molecule has 1 rings (SSSR count). The molecule has 0 fully saturated rings. The highest BCUT2D eigenvalue weighted by Gasteiger charge is 2.26. The molecule has 1 aliphatic heterocycles. The summed E-state index contributed by atoms with van der Waals surface area (Å²) in [6, 6.07) is 0. The van der Waals surface area contributed by atoms with Crippen molar-refractivity contribution in [2.45, 2.75) is 39.2 Å². The van der Waals surface area contributed by atoms with Gasteiger partial charge in [-0.3, -0.25) is 0 Å². The third kappa shape index (κ3) is 3.69. The zero-order valence-corrected chi connectivity index (χ0v) is 8.99. The molecule has 5 heteroatoms. The minimum absolute atomic E-state index is 0.114. The second-order valence-corrected chi connectivity index (χ2v) is 3.43. The average molecular weight is 213 g/mol. The highest BCUT2D eigenvalue weighted by Crippen LogP contribution is 2.16. The molecule has 0 aromatic heterocycles. The normalized spacial score (nSPS) is 19.3. The summed E-state index contributed by atoms with van der Waals surface area (Å²) in [7, 11) is 0. The van der Waals surface area contributed by atoms with Crippen molar-refractivity contribution >= 4 is 17.5 Å². The van der Waals surface area contributed by atoms with Gasteiger partial charge < -0.3 is 14.4 Å². The van der Waals surface area contributed by atoms with Gasteiger partial charge in [-0.05, 0) is 20.3 Å². The molecule has 0 radical (unpaired) electrons. The molecule has 0 spiro atoms. The van der Waals surface area contributed by atoms with E-state index in [1.54, 1.807) is 6.92 Å². The molecule has 0 amide bonds. The first-order valence-electron chi connectivity index (χ1n) is 5.02. The van der Waals surface area contributed by atoms with E-state index in [1.807, 2.05) is 0 Å². The van der Waals surface area contributed by atoms with Gasteiger partial charge in [0, 0.05) is 12.8 Å². The smallest absolute Gasteiger partial charge is 0.356 e. The first kappa shape index (κ1) is 11.7. The minimum atomic E-state index is -0.428. The zero-order chi connectivity index (χ0) is 11.3. The number of nitrogens with zero attached hydrogens (tertiary/aromatic N) is 1. The summed E-state index contributed by atoms with van der Waals surface area (Å²) in [4.78, 5) is 27.0. The third-order valence-electron chi connectivity index (χ3n) is 2.06. The third-order valence-corrected chi connectivity index (χ3v) is 2.06. The molecular weight excluding hydrogens is 198 g/mol. The molecule has 1 atom stereocenters. The van der Waals surface area contributed by atoms with E-state index in [1.165, 1.54) is 6.92 Å². The van der Waals surface area contributed by atoms with Crippen molar-refractivity contribution in [2.24, 2.45) is 5.16 Å². The summed E-state index contributed by atoms with van der Waals surface area (Å²) in [5.74, 6) is -0.314. The van der Waals surface area contributed by atoms with E-state index in [-0.39, 0.29) is 11.9 Å². The van der Waals surface area contributed by atoms with Crippen molar-refractivity contribution in [3.8, 4) is 0 Å². The number of hydrogen-bond donors (Lipinski definition) is 0. The standard InChI is InChI=1S/C10H15NO4/c1-3-14-10(13)9-6-8(15-11-9)5-4-7(2)12/h8H,3-6H2,1-2H3. The van der Waals surface area contributed by atoms with Gasteiger partial charge in [-0.2, -0.15) is 0 Å². The molecule has 0 bridgehead atoms.